The standard InChI is InChI=1S/C16H23N3/c1-6-17-16(15-10-13(4)18-19(15)5)14-8-7-11(2)12(3)9-14/h7-10,16-17H,6H2,1-5H3. The molecular formula is C16H23N3. The molecule has 3 nitrogen and oxygen atoms in total. The summed E-state index contributed by atoms with van der Waals surface area (Å²) in [5, 5.41) is 8.01. The fourth-order valence-electron chi connectivity index (χ4n) is 2.44. The van der Waals surface area contributed by atoms with Crippen molar-refractivity contribution in [3.63, 3.8) is 0 Å². The third-order valence-corrected chi connectivity index (χ3v) is 3.61. The van der Waals surface area contributed by atoms with Gasteiger partial charge in [0.2, 0.25) is 0 Å². The second kappa shape index (κ2) is 5.57. The zero-order chi connectivity index (χ0) is 14.0. The molecule has 0 bridgehead atoms. The van der Waals surface area contributed by atoms with Crippen LogP contribution in [0.5, 0.6) is 0 Å². The summed E-state index contributed by atoms with van der Waals surface area (Å²) >= 11 is 0. The lowest BCUT2D eigenvalue weighted by Crippen LogP contribution is -2.24. The first-order valence-corrected chi connectivity index (χ1v) is 6.84. The molecule has 0 spiro atoms. The van der Waals surface area contributed by atoms with E-state index in [0.717, 1.165) is 12.2 Å². The lowest BCUT2D eigenvalue weighted by molar-refractivity contribution is 0.571. The van der Waals surface area contributed by atoms with Crippen LogP contribution in [0.25, 0.3) is 0 Å². The first-order valence-electron chi connectivity index (χ1n) is 6.84. The predicted octanol–water partition coefficient (Wildman–Crippen LogP) is 3.04. The van der Waals surface area contributed by atoms with Crippen LogP contribution >= 0.6 is 0 Å². The Hall–Kier alpha value is -1.61. The molecule has 0 radical (unpaired) electrons. The first kappa shape index (κ1) is 13.8. The van der Waals surface area contributed by atoms with Crippen molar-refractivity contribution in [1.29, 1.82) is 0 Å². The Morgan fingerprint density at radius 2 is 1.89 bits per heavy atom. The van der Waals surface area contributed by atoms with Gasteiger partial charge in [0.05, 0.1) is 17.4 Å². The number of hydrogen-bond acceptors (Lipinski definition) is 2. The largest absolute Gasteiger partial charge is 0.305 e. The fourth-order valence-corrected chi connectivity index (χ4v) is 2.44. The summed E-state index contributed by atoms with van der Waals surface area (Å²) in [6, 6.07) is 9.03. The van der Waals surface area contributed by atoms with Crippen LogP contribution in [0.2, 0.25) is 0 Å². The van der Waals surface area contributed by atoms with E-state index < -0.39 is 0 Å². The van der Waals surface area contributed by atoms with Gasteiger partial charge in [-0.25, -0.2) is 0 Å². The molecule has 0 saturated carbocycles. The Bertz CT molecular complexity index is 569. The Labute approximate surface area is 115 Å². The minimum atomic E-state index is 0.204. The van der Waals surface area contributed by atoms with Crippen molar-refractivity contribution in [2.75, 3.05) is 6.54 Å². The van der Waals surface area contributed by atoms with Crippen LogP contribution in [0.1, 0.15) is 41.0 Å². The average Bonchev–Trinajstić information content (AvgIpc) is 2.69. The van der Waals surface area contributed by atoms with Gasteiger partial charge in [-0.2, -0.15) is 5.10 Å². The van der Waals surface area contributed by atoms with E-state index in [-0.39, 0.29) is 6.04 Å². The molecule has 1 heterocycles. The van der Waals surface area contributed by atoms with Crippen LogP contribution in [0.15, 0.2) is 24.3 Å². The molecular weight excluding hydrogens is 234 g/mol. The summed E-state index contributed by atoms with van der Waals surface area (Å²) in [5.74, 6) is 0. The molecule has 1 aromatic carbocycles. The molecule has 0 aliphatic carbocycles. The van der Waals surface area contributed by atoms with Gasteiger partial charge in [-0.15, -0.1) is 0 Å². The molecule has 1 N–H and O–H groups in total. The highest BCUT2D eigenvalue weighted by Gasteiger charge is 2.17. The summed E-state index contributed by atoms with van der Waals surface area (Å²) in [7, 11) is 2.01. The van der Waals surface area contributed by atoms with Crippen LogP contribution in [-0.2, 0) is 7.05 Å². The molecule has 0 fully saturated rings. The zero-order valence-electron chi connectivity index (χ0n) is 12.5. The molecule has 0 saturated heterocycles. The molecule has 0 amide bonds. The normalized spacial score (nSPS) is 12.7. The second-order valence-electron chi connectivity index (χ2n) is 5.17. The summed E-state index contributed by atoms with van der Waals surface area (Å²) in [6.45, 7) is 9.41. The van der Waals surface area contributed by atoms with Gasteiger partial charge in [-0.3, -0.25) is 4.68 Å². The number of benzene rings is 1. The Balaban J connectivity index is 2.44. The topological polar surface area (TPSA) is 29.9 Å². The number of hydrogen-bond donors (Lipinski definition) is 1. The molecule has 1 aromatic heterocycles. The number of rotatable bonds is 4. The smallest absolute Gasteiger partial charge is 0.0748 e. The van der Waals surface area contributed by atoms with E-state index in [2.05, 4.69) is 55.5 Å². The van der Waals surface area contributed by atoms with Crippen LogP contribution in [0, 0.1) is 20.8 Å². The molecule has 2 aromatic rings. The average molecular weight is 257 g/mol. The quantitative estimate of drug-likeness (QED) is 0.912. The summed E-state index contributed by atoms with van der Waals surface area (Å²) in [6.07, 6.45) is 0. The number of nitrogens with zero attached hydrogens (tertiary/aromatic N) is 2. The fraction of sp³-hybridized carbons (Fsp3) is 0.438. The van der Waals surface area contributed by atoms with Gasteiger partial charge >= 0.3 is 0 Å². The number of nitrogens with one attached hydrogen (secondary N) is 1. The minimum absolute atomic E-state index is 0.204. The molecule has 2 rings (SSSR count). The summed E-state index contributed by atoms with van der Waals surface area (Å²) < 4.78 is 1.97. The van der Waals surface area contributed by atoms with Crippen molar-refractivity contribution in [2.24, 2.45) is 7.05 Å². The third kappa shape index (κ3) is 2.87. The molecule has 0 aliphatic rings. The van der Waals surface area contributed by atoms with Crippen molar-refractivity contribution in [3.8, 4) is 0 Å². The van der Waals surface area contributed by atoms with Gasteiger partial charge in [-0.1, -0.05) is 25.1 Å². The van der Waals surface area contributed by atoms with E-state index in [1.807, 2.05) is 18.7 Å². The van der Waals surface area contributed by atoms with Gasteiger partial charge in [0.25, 0.3) is 0 Å². The van der Waals surface area contributed by atoms with Crippen molar-refractivity contribution < 1.29 is 0 Å². The summed E-state index contributed by atoms with van der Waals surface area (Å²) in [5.41, 5.74) is 6.24. The minimum Gasteiger partial charge on any atom is -0.305 e. The predicted molar refractivity (Wildman–Crippen MR) is 79.4 cm³/mol. The van der Waals surface area contributed by atoms with Gasteiger partial charge < -0.3 is 5.32 Å². The highest BCUT2D eigenvalue weighted by molar-refractivity contribution is 5.35. The molecule has 102 valence electrons. The molecule has 3 heteroatoms. The van der Waals surface area contributed by atoms with Crippen molar-refractivity contribution >= 4 is 0 Å². The van der Waals surface area contributed by atoms with Crippen molar-refractivity contribution in [2.45, 2.75) is 33.7 Å². The molecule has 0 aliphatic heterocycles. The van der Waals surface area contributed by atoms with Gasteiger partial charge in [0.1, 0.15) is 0 Å². The Morgan fingerprint density at radius 3 is 2.42 bits per heavy atom. The lowest BCUT2D eigenvalue weighted by atomic mass is 9.98. The highest BCUT2D eigenvalue weighted by atomic mass is 15.3. The maximum atomic E-state index is 4.46. The van der Waals surface area contributed by atoms with E-state index >= 15 is 0 Å². The zero-order valence-corrected chi connectivity index (χ0v) is 12.5. The van der Waals surface area contributed by atoms with Gasteiger partial charge in [0, 0.05) is 7.05 Å². The third-order valence-electron chi connectivity index (χ3n) is 3.61. The van der Waals surface area contributed by atoms with E-state index in [4.69, 9.17) is 0 Å². The van der Waals surface area contributed by atoms with Crippen LogP contribution in [0.4, 0.5) is 0 Å². The number of aromatic nitrogens is 2. The van der Waals surface area contributed by atoms with E-state index in [0.29, 0.717) is 0 Å². The van der Waals surface area contributed by atoms with Crippen LogP contribution in [0.3, 0.4) is 0 Å². The maximum absolute atomic E-state index is 4.46. The Kier molecular flexibility index (Phi) is 4.05. The van der Waals surface area contributed by atoms with Crippen molar-refractivity contribution in [3.05, 3.63) is 52.3 Å². The molecule has 1 unspecified atom stereocenters. The first-order chi connectivity index (χ1) is 9.02. The maximum Gasteiger partial charge on any atom is 0.0748 e. The van der Waals surface area contributed by atoms with E-state index in [1.165, 1.54) is 22.4 Å². The van der Waals surface area contributed by atoms with Crippen LogP contribution in [-0.4, -0.2) is 16.3 Å². The van der Waals surface area contributed by atoms with Crippen LogP contribution < -0.4 is 5.32 Å². The van der Waals surface area contributed by atoms with E-state index in [9.17, 15) is 0 Å². The van der Waals surface area contributed by atoms with Gasteiger partial charge in [0.15, 0.2) is 0 Å². The Morgan fingerprint density at radius 1 is 1.16 bits per heavy atom. The van der Waals surface area contributed by atoms with Gasteiger partial charge in [-0.05, 0) is 50.1 Å². The SMILES string of the molecule is CCNC(c1ccc(C)c(C)c1)c1cc(C)nn1C. The van der Waals surface area contributed by atoms with Crippen molar-refractivity contribution in [1.82, 2.24) is 15.1 Å². The second-order valence-corrected chi connectivity index (χ2v) is 5.17. The molecule has 1 atom stereocenters. The molecule has 19 heavy (non-hydrogen) atoms. The highest BCUT2D eigenvalue weighted by Crippen LogP contribution is 2.24. The lowest BCUT2D eigenvalue weighted by Gasteiger charge is -2.19. The van der Waals surface area contributed by atoms with E-state index in [1.54, 1.807) is 0 Å². The monoisotopic (exact) mass is 257 g/mol. The summed E-state index contributed by atoms with van der Waals surface area (Å²) in [4.78, 5) is 0. The number of aryl methyl sites for hydroxylation is 4.